The predicted molar refractivity (Wildman–Crippen MR) is 67.0 cm³/mol. The molecule has 4 nitrogen and oxygen atoms in total. The van der Waals surface area contributed by atoms with Crippen LogP contribution in [0.1, 0.15) is 24.0 Å². The zero-order valence-electron chi connectivity index (χ0n) is 10.2. The molecule has 17 heavy (non-hydrogen) atoms. The molecule has 1 aliphatic heterocycles. The van der Waals surface area contributed by atoms with Crippen LogP contribution in [0.5, 0.6) is 0 Å². The Balaban J connectivity index is 2.48. The summed E-state index contributed by atoms with van der Waals surface area (Å²) in [5.74, 6) is 0. The Morgan fingerprint density at radius 3 is 2.65 bits per heavy atom. The summed E-state index contributed by atoms with van der Waals surface area (Å²) in [6, 6.07) is 5.47. The second-order valence-corrected chi connectivity index (χ2v) is 6.45. The molecule has 1 unspecified atom stereocenters. The van der Waals surface area contributed by atoms with E-state index in [1.54, 1.807) is 6.07 Å². The number of hydrogen-bond donors (Lipinski definition) is 1. The van der Waals surface area contributed by atoms with E-state index >= 15 is 0 Å². The molecule has 1 aromatic carbocycles. The normalized spacial score (nSPS) is 21.9. The van der Waals surface area contributed by atoms with Gasteiger partial charge >= 0.3 is 0 Å². The van der Waals surface area contributed by atoms with Gasteiger partial charge in [0.2, 0.25) is 10.0 Å². The summed E-state index contributed by atoms with van der Waals surface area (Å²) in [5, 5.41) is 0. The quantitative estimate of drug-likeness (QED) is 0.867. The predicted octanol–water partition coefficient (Wildman–Crippen LogP) is 1.37. The molecule has 2 rings (SSSR count). The lowest BCUT2D eigenvalue weighted by molar-refractivity contribution is 0.395. The molecule has 0 radical (unpaired) electrons. The highest BCUT2D eigenvalue weighted by atomic mass is 32.2. The van der Waals surface area contributed by atoms with Crippen molar-refractivity contribution in [1.29, 1.82) is 0 Å². The highest BCUT2D eigenvalue weighted by molar-refractivity contribution is 7.89. The van der Waals surface area contributed by atoms with E-state index in [1.165, 1.54) is 4.31 Å². The summed E-state index contributed by atoms with van der Waals surface area (Å²) < 4.78 is 26.3. The molecule has 0 aliphatic carbocycles. The van der Waals surface area contributed by atoms with E-state index < -0.39 is 10.0 Å². The fraction of sp³-hybridized carbons (Fsp3) is 0.500. The fourth-order valence-electron chi connectivity index (χ4n) is 2.18. The van der Waals surface area contributed by atoms with Crippen LogP contribution in [0.2, 0.25) is 0 Å². The van der Waals surface area contributed by atoms with E-state index in [0.717, 1.165) is 24.0 Å². The number of rotatable bonds is 2. The Hall–Kier alpha value is -0.910. The highest BCUT2D eigenvalue weighted by Gasteiger charge is 2.33. The van der Waals surface area contributed by atoms with Gasteiger partial charge in [-0.1, -0.05) is 12.1 Å². The summed E-state index contributed by atoms with van der Waals surface area (Å²) in [6.07, 6.45) is 1.20. The van der Waals surface area contributed by atoms with Crippen LogP contribution in [0, 0.1) is 13.8 Å². The molecule has 0 aromatic heterocycles. The van der Waals surface area contributed by atoms with E-state index in [4.69, 9.17) is 5.73 Å². The van der Waals surface area contributed by atoms with Gasteiger partial charge in [0.05, 0.1) is 11.1 Å². The van der Waals surface area contributed by atoms with Gasteiger partial charge in [-0.05, 0) is 43.9 Å². The maximum absolute atomic E-state index is 12.5. The van der Waals surface area contributed by atoms with Crippen molar-refractivity contribution in [2.24, 2.45) is 5.73 Å². The molecule has 1 aliphatic rings. The minimum absolute atomic E-state index is 0.375. The maximum Gasteiger partial charge on any atom is 0.244 e. The average molecular weight is 254 g/mol. The SMILES string of the molecule is Cc1ccc(C)c(S(=O)(=O)N2CCCC2N)c1. The van der Waals surface area contributed by atoms with Crippen molar-refractivity contribution in [2.75, 3.05) is 6.54 Å². The summed E-state index contributed by atoms with van der Waals surface area (Å²) in [4.78, 5) is 0.384. The number of aryl methyl sites for hydroxylation is 2. The Kier molecular flexibility index (Phi) is 3.25. The van der Waals surface area contributed by atoms with Crippen molar-refractivity contribution in [3.05, 3.63) is 29.3 Å². The van der Waals surface area contributed by atoms with E-state index in [9.17, 15) is 8.42 Å². The van der Waals surface area contributed by atoms with Gasteiger partial charge in [-0.3, -0.25) is 0 Å². The van der Waals surface area contributed by atoms with Gasteiger partial charge in [0.25, 0.3) is 0 Å². The second kappa shape index (κ2) is 4.40. The van der Waals surface area contributed by atoms with Crippen LogP contribution >= 0.6 is 0 Å². The van der Waals surface area contributed by atoms with Gasteiger partial charge in [0.1, 0.15) is 0 Å². The van der Waals surface area contributed by atoms with Crippen LogP contribution in [0.15, 0.2) is 23.1 Å². The van der Waals surface area contributed by atoms with Crippen LogP contribution in [-0.2, 0) is 10.0 Å². The molecule has 1 heterocycles. The zero-order valence-corrected chi connectivity index (χ0v) is 11.0. The lowest BCUT2D eigenvalue weighted by Crippen LogP contribution is -2.41. The first-order chi connectivity index (χ1) is 7.93. The Labute approximate surface area is 102 Å². The molecule has 0 amide bonds. The summed E-state index contributed by atoms with van der Waals surface area (Å²) in [6.45, 7) is 4.23. The largest absolute Gasteiger partial charge is 0.315 e. The lowest BCUT2D eigenvalue weighted by atomic mass is 10.2. The molecule has 1 saturated heterocycles. The van der Waals surface area contributed by atoms with Crippen molar-refractivity contribution < 1.29 is 8.42 Å². The number of hydrogen-bond acceptors (Lipinski definition) is 3. The number of nitrogens with zero attached hydrogens (tertiary/aromatic N) is 1. The van der Waals surface area contributed by atoms with Crippen molar-refractivity contribution >= 4 is 10.0 Å². The van der Waals surface area contributed by atoms with E-state index in [-0.39, 0.29) is 6.17 Å². The topological polar surface area (TPSA) is 63.4 Å². The van der Waals surface area contributed by atoms with E-state index in [1.807, 2.05) is 26.0 Å². The molecule has 2 N–H and O–H groups in total. The fourth-order valence-corrected chi connectivity index (χ4v) is 4.07. The maximum atomic E-state index is 12.5. The van der Waals surface area contributed by atoms with Crippen molar-refractivity contribution in [3.8, 4) is 0 Å². The van der Waals surface area contributed by atoms with Crippen molar-refractivity contribution in [3.63, 3.8) is 0 Å². The molecule has 1 atom stereocenters. The Morgan fingerprint density at radius 2 is 2.06 bits per heavy atom. The first-order valence-electron chi connectivity index (χ1n) is 5.77. The molecule has 5 heteroatoms. The average Bonchev–Trinajstić information content (AvgIpc) is 2.68. The summed E-state index contributed by atoms with van der Waals surface area (Å²) >= 11 is 0. The van der Waals surface area contributed by atoms with Crippen LogP contribution < -0.4 is 5.73 Å². The van der Waals surface area contributed by atoms with Crippen LogP contribution in [0.3, 0.4) is 0 Å². The number of nitrogens with two attached hydrogens (primary N) is 1. The van der Waals surface area contributed by atoms with Crippen molar-refractivity contribution in [2.45, 2.75) is 37.8 Å². The minimum Gasteiger partial charge on any atom is -0.315 e. The van der Waals surface area contributed by atoms with Gasteiger partial charge in [-0.2, -0.15) is 4.31 Å². The lowest BCUT2D eigenvalue weighted by Gasteiger charge is -2.22. The third kappa shape index (κ3) is 2.22. The highest BCUT2D eigenvalue weighted by Crippen LogP contribution is 2.26. The first-order valence-corrected chi connectivity index (χ1v) is 7.21. The van der Waals surface area contributed by atoms with Gasteiger partial charge in [-0.15, -0.1) is 0 Å². The summed E-state index contributed by atoms with van der Waals surface area (Å²) in [7, 11) is -3.43. The molecule has 0 bridgehead atoms. The third-order valence-electron chi connectivity index (χ3n) is 3.18. The molecular formula is C12H18N2O2S. The third-order valence-corrected chi connectivity index (χ3v) is 5.25. The van der Waals surface area contributed by atoms with Crippen molar-refractivity contribution in [1.82, 2.24) is 4.31 Å². The number of sulfonamides is 1. The molecule has 0 spiro atoms. The molecule has 1 fully saturated rings. The zero-order chi connectivity index (χ0) is 12.6. The van der Waals surface area contributed by atoms with Gasteiger partial charge in [0, 0.05) is 6.54 Å². The van der Waals surface area contributed by atoms with Gasteiger partial charge < -0.3 is 5.73 Å². The van der Waals surface area contributed by atoms with E-state index in [0.29, 0.717) is 11.4 Å². The molecule has 0 saturated carbocycles. The van der Waals surface area contributed by atoms with E-state index in [2.05, 4.69) is 0 Å². The van der Waals surface area contributed by atoms with Crippen LogP contribution in [0.25, 0.3) is 0 Å². The molecule has 94 valence electrons. The van der Waals surface area contributed by atoms with Gasteiger partial charge in [-0.25, -0.2) is 8.42 Å². The molecule has 1 aromatic rings. The Bertz CT molecular complexity index is 525. The second-order valence-electron chi connectivity index (χ2n) is 4.59. The van der Waals surface area contributed by atoms with Crippen LogP contribution in [-0.4, -0.2) is 25.4 Å². The molecular weight excluding hydrogens is 236 g/mol. The van der Waals surface area contributed by atoms with Crippen LogP contribution in [0.4, 0.5) is 0 Å². The monoisotopic (exact) mass is 254 g/mol. The smallest absolute Gasteiger partial charge is 0.244 e. The Morgan fingerprint density at radius 1 is 1.35 bits per heavy atom. The minimum atomic E-state index is -3.43. The summed E-state index contributed by atoms with van der Waals surface area (Å²) in [5.41, 5.74) is 7.56. The first kappa shape index (κ1) is 12.5. The number of benzene rings is 1. The van der Waals surface area contributed by atoms with Gasteiger partial charge in [0.15, 0.2) is 0 Å². The standard InChI is InChI=1S/C12H18N2O2S/c1-9-5-6-10(2)11(8-9)17(15,16)14-7-3-4-12(14)13/h5-6,8,12H,3-4,7,13H2,1-2H3.